The van der Waals surface area contributed by atoms with Crippen LogP contribution < -0.4 is 0 Å². The van der Waals surface area contributed by atoms with Gasteiger partial charge in [0.1, 0.15) is 0 Å². The minimum atomic E-state index is -0.603. The van der Waals surface area contributed by atoms with Crippen molar-refractivity contribution in [3.8, 4) is 0 Å². The van der Waals surface area contributed by atoms with E-state index in [1.54, 1.807) is 42.2 Å². The van der Waals surface area contributed by atoms with Gasteiger partial charge in [-0.2, -0.15) is 0 Å². The van der Waals surface area contributed by atoms with Crippen molar-refractivity contribution in [2.75, 3.05) is 5.75 Å². The molecular weight excluding hydrogens is 538 g/mol. The number of fused-ring (bicyclic) bond motifs is 1. The van der Waals surface area contributed by atoms with Crippen molar-refractivity contribution in [2.45, 2.75) is 43.7 Å². The SMILES string of the molecule is C[C@@H]1[C@H](CSc2nccn2C)O[C@H](c2ccc(CN3C(=O)c4ccccc4C3=O)cc2)O[C@@H]1c1ccc(CO)cc1. The molecule has 4 atom stereocenters. The second kappa shape index (κ2) is 11.6. The molecule has 210 valence electrons. The van der Waals surface area contributed by atoms with Crippen LogP contribution in [0.4, 0.5) is 0 Å². The van der Waals surface area contributed by atoms with E-state index in [1.807, 2.05) is 66.3 Å². The highest BCUT2D eigenvalue weighted by Gasteiger charge is 2.39. The van der Waals surface area contributed by atoms with Gasteiger partial charge in [0.05, 0.1) is 36.5 Å². The summed E-state index contributed by atoms with van der Waals surface area (Å²) in [5.41, 5.74) is 4.45. The lowest BCUT2D eigenvalue weighted by Crippen LogP contribution is -2.38. The molecule has 41 heavy (non-hydrogen) atoms. The largest absolute Gasteiger partial charge is 0.392 e. The van der Waals surface area contributed by atoms with Crippen LogP contribution in [0.3, 0.4) is 0 Å². The molecule has 1 aromatic heterocycles. The first-order chi connectivity index (χ1) is 19.9. The van der Waals surface area contributed by atoms with E-state index in [0.717, 1.165) is 27.4 Å². The number of nitrogens with zero attached hydrogens (tertiary/aromatic N) is 3. The van der Waals surface area contributed by atoms with Crippen LogP contribution in [0.2, 0.25) is 0 Å². The maximum atomic E-state index is 12.8. The molecule has 6 rings (SSSR count). The average molecular weight is 570 g/mol. The summed E-state index contributed by atoms with van der Waals surface area (Å²) in [5.74, 6) is 0.220. The number of hydrogen-bond acceptors (Lipinski definition) is 7. The Hall–Kier alpha value is -3.76. The number of aliphatic hydroxyl groups is 1. The van der Waals surface area contributed by atoms with Gasteiger partial charge in [-0.05, 0) is 28.8 Å². The van der Waals surface area contributed by atoms with Crippen LogP contribution in [0.5, 0.6) is 0 Å². The van der Waals surface area contributed by atoms with E-state index in [0.29, 0.717) is 16.9 Å². The minimum Gasteiger partial charge on any atom is -0.392 e. The zero-order valence-corrected chi connectivity index (χ0v) is 23.7. The number of hydrogen-bond donors (Lipinski definition) is 1. The van der Waals surface area contributed by atoms with Crippen LogP contribution in [-0.4, -0.2) is 43.2 Å². The molecule has 0 radical (unpaired) electrons. The third-order valence-corrected chi connectivity index (χ3v) is 8.89. The van der Waals surface area contributed by atoms with Gasteiger partial charge in [-0.3, -0.25) is 14.5 Å². The highest BCUT2D eigenvalue weighted by molar-refractivity contribution is 7.99. The Kier molecular flexibility index (Phi) is 7.77. The van der Waals surface area contributed by atoms with Gasteiger partial charge in [0, 0.05) is 36.7 Å². The van der Waals surface area contributed by atoms with Crippen molar-refractivity contribution < 1.29 is 24.2 Å². The quantitative estimate of drug-likeness (QED) is 0.228. The molecule has 2 aliphatic rings. The van der Waals surface area contributed by atoms with Gasteiger partial charge >= 0.3 is 0 Å². The van der Waals surface area contributed by atoms with Crippen molar-refractivity contribution in [1.29, 1.82) is 0 Å². The van der Waals surface area contributed by atoms with Crippen molar-refractivity contribution >= 4 is 23.6 Å². The highest BCUT2D eigenvalue weighted by Crippen LogP contribution is 2.43. The highest BCUT2D eigenvalue weighted by atomic mass is 32.2. The van der Waals surface area contributed by atoms with Crippen molar-refractivity contribution in [2.24, 2.45) is 13.0 Å². The molecule has 0 bridgehead atoms. The number of aryl methyl sites for hydroxylation is 1. The van der Waals surface area contributed by atoms with Crippen LogP contribution in [-0.2, 0) is 29.7 Å². The number of ether oxygens (including phenoxy) is 2. The molecule has 8 nitrogen and oxygen atoms in total. The molecule has 0 spiro atoms. The summed E-state index contributed by atoms with van der Waals surface area (Å²) >= 11 is 1.65. The number of imide groups is 1. The fourth-order valence-corrected chi connectivity index (χ4v) is 6.40. The Balaban J connectivity index is 1.21. The van der Waals surface area contributed by atoms with Crippen LogP contribution in [0, 0.1) is 5.92 Å². The predicted octanol–water partition coefficient (Wildman–Crippen LogP) is 5.29. The summed E-state index contributed by atoms with van der Waals surface area (Å²) in [5, 5.41) is 10.4. The first kappa shape index (κ1) is 27.4. The van der Waals surface area contributed by atoms with E-state index in [1.165, 1.54) is 4.90 Å². The second-order valence-electron chi connectivity index (χ2n) is 10.4. The third kappa shape index (κ3) is 5.46. The molecule has 4 aromatic rings. The monoisotopic (exact) mass is 569 g/mol. The Morgan fingerprint density at radius 2 is 1.51 bits per heavy atom. The van der Waals surface area contributed by atoms with Crippen molar-refractivity contribution in [1.82, 2.24) is 14.5 Å². The number of rotatable bonds is 8. The summed E-state index contributed by atoms with van der Waals surface area (Å²) in [4.78, 5) is 31.4. The topological polar surface area (TPSA) is 93.9 Å². The molecule has 9 heteroatoms. The number of aromatic nitrogens is 2. The molecule has 1 fully saturated rings. The number of amides is 2. The fraction of sp³-hybridized carbons (Fsp3) is 0.281. The van der Waals surface area contributed by atoms with E-state index in [4.69, 9.17) is 9.47 Å². The van der Waals surface area contributed by atoms with E-state index >= 15 is 0 Å². The third-order valence-electron chi connectivity index (χ3n) is 7.75. The van der Waals surface area contributed by atoms with E-state index in [-0.39, 0.29) is 43.1 Å². The van der Waals surface area contributed by atoms with Gasteiger partial charge in [-0.15, -0.1) is 0 Å². The van der Waals surface area contributed by atoms with Gasteiger partial charge in [0.2, 0.25) is 0 Å². The Labute approximate surface area is 242 Å². The number of benzene rings is 3. The Bertz CT molecular complexity index is 1520. The summed E-state index contributed by atoms with van der Waals surface area (Å²) in [6, 6.07) is 22.4. The number of thioether (sulfide) groups is 1. The fourth-order valence-electron chi connectivity index (χ4n) is 5.30. The molecule has 0 saturated carbocycles. The lowest BCUT2D eigenvalue weighted by atomic mass is 9.91. The molecule has 2 amide bonds. The zero-order valence-electron chi connectivity index (χ0n) is 22.8. The molecule has 1 saturated heterocycles. The second-order valence-corrected chi connectivity index (χ2v) is 11.4. The molecule has 0 aliphatic carbocycles. The number of imidazole rings is 1. The van der Waals surface area contributed by atoms with Crippen LogP contribution in [0.15, 0.2) is 90.3 Å². The smallest absolute Gasteiger partial charge is 0.261 e. The van der Waals surface area contributed by atoms with Crippen LogP contribution >= 0.6 is 11.8 Å². The maximum absolute atomic E-state index is 12.8. The molecule has 3 heterocycles. The summed E-state index contributed by atoms with van der Waals surface area (Å²) < 4.78 is 15.1. The van der Waals surface area contributed by atoms with Crippen LogP contribution in [0.1, 0.15) is 62.3 Å². The van der Waals surface area contributed by atoms with Gasteiger partial charge in [0.25, 0.3) is 11.8 Å². The summed E-state index contributed by atoms with van der Waals surface area (Å²) in [6.45, 7) is 2.32. The van der Waals surface area contributed by atoms with Gasteiger partial charge < -0.3 is 19.1 Å². The Morgan fingerprint density at radius 3 is 2.12 bits per heavy atom. The predicted molar refractivity (Wildman–Crippen MR) is 154 cm³/mol. The standard InChI is InChI=1S/C32H31N3O5S/c1-20-27(19-41-32-33-15-16-34(32)2)39-31(40-28(20)23-11-9-22(18-36)10-12-23)24-13-7-21(8-14-24)17-35-29(37)25-5-3-4-6-26(25)30(35)38/h3-16,20,27-28,31,36H,17-19H2,1-2H3/t20-,27+,28+,31+/m1/s1. The number of aliphatic hydroxyl groups excluding tert-OH is 1. The van der Waals surface area contributed by atoms with Crippen LogP contribution in [0.25, 0.3) is 0 Å². The van der Waals surface area contributed by atoms with Gasteiger partial charge in [-0.1, -0.05) is 79.3 Å². The molecule has 1 N–H and O–H groups in total. The lowest BCUT2D eigenvalue weighted by Gasteiger charge is -2.41. The number of carbonyl (C=O) groups is 2. The van der Waals surface area contributed by atoms with E-state index in [9.17, 15) is 14.7 Å². The molecular formula is C32H31N3O5S. The summed E-state index contributed by atoms with van der Waals surface area (Å²) in [7, 11) is 1.97. The molecule has 2 aliphatic heterocycles. The normalized spacial score (nSPS) is 22.3. The lowest BCUT2D eigenvalue weighted by molar-refractivity contribution is -0.268. The first-order valence-electron chi connectivity index (χ1n) is 13.6. The molecule has 3 aromatic carbocycles. The first-order valence-corrected chi connectivity index (χ1v) is 14.6. The maximum Gasteiger partial charge on any atom is 0.261 e. The van der Waals surface area contributed by atoms with Gasteiger partial charge in [0.15, 0.2) is 11.4 Å². The van der Waals surface area contributed by atoms with E-state index in [2.05, 4.69) is 11.9 Å². The van der Waals surface area contributed by atoms with Crippen molar-refractivity contribution in [3.63, 3.8) is 0 Å². The zero-order chi connectivity index (χ0) is 28.5. The van der Waals surface area contributed by atoms with Gasteiger partial charge in [-0.25, -0.2) is 4.98 Å². The van der Waals surface area contributed by atoms with Crippen molar-refractivity contribution in [3.05, 3.63) is 119 Å². The van der Waals surface area contributed by atoms with E-state index < -0.39 is 6.29 Å². The summed E-state index contributed by atoms with van der Waals surface area (Å²) in [6.07, 6.45) is 2.78. The average Bonchev–Trinajstić information content (AvgIpc) is 3.53. The Morgan fingerprint density at radius 1 is 0.878 bits per heavy atom. The molecule has 0 unspecified atom stereocenters. The number of carbonyl (C=O) groups excluding carboxylic acids is 2. The minimum absolute atomic E-state index is 0.0108.